The van der Waals surface area contributed by atoms with Crippen molar-refractivity contribution in [3.63, 3.8) is 0 Å². The number of halogens is 1. The number of hydrogen-bond donors (Lipinski definition) is 1. The van der Waals surface area contributed by atoms with E-state index in [1.165, 1.54) is 12.8 Å². The van der Waals surface area contributed by atoms with Crippen LogP contribution in [0.5, 0.6) is 5.75 Å². The maximum absolute atomic E-state index is 12.7. The lowest BCUT2D eigenvalue weighted by molar-refractivity contribution is 0.0495. The van der Waals surface area contributed by atoms with Gasteiger partial charge in [0.1, 0.15) is 5.75 Å². The Balaban J connectivity index is 1.65. The second-order valence-electron chi connectivity index (χ2n) is 6.39. The number of hydrogen-bond acceptors (Lipinski definition) is 3. The Labute approximate surface area is 140 Å². The van der Waals surface area contributed by atoms with Crippen LogP contribution in [-0.4, -0.2) is 44.1 Å². The van der Waals surface area contributed by atoms with Crippen LogP contribution in [0.1, 0.15) is 36.0 Å². The first-order valence-corrected chi connectivity index (χ1v) is 8.76. The van der Waals surface area contributed by atoms with Gasteiger partial charge in [0.2, 0.25) is 0 Å². The predicted octanol–water partition coefficient (Wildman–Crippen LogP) is 3.06. The third-order valence-electron chi connectivity index (χ3n) is 5.17. The predicted molar refractivity (Wildman–Crippen MR) is 90.4 cm³/mol. The first-order chi connectivity index (χ1) is 10.6. The lowest BCUT2D eigenvalue weighted by atomic mass is 9.71. The molecule has 0 atom stereocenters. The number of benzene rings is 1. The largest absolute Gasteiger partial charge is 0.496 e. The zero-order valence-corrected chi connectivity index (χ0v) is 14.6. The van der Waals surface area contributed by atoms with Gasteiger partial charge in [-0.05, 0) is 78.3 Å². The molecule has 0 bridgehead atoms. The van der Waals surface area contributed by atoms with Crippen molar-refractivity contribution in [1.29, 1.82) is 0 Å². The third-order valence-corrected chi connectivity index (χ3v) is 5.79. The molecule has 4 nitrogen and oxygen atoms in total. The summed E-state index contributed by atoms with van der Waals surface area (Å²) in [6.07, 6.45) is 4.78. The monoisotopic (exact) mass is 366 g/mol. The molecule has 1 spiro atoms. The fourth-order valence-corrected chi connectivity index (χ4v) is 4.16. The highest BCUT2D eigenvalue weighted by Gasteiger charge is 2.36. The zero-order valence-electron chi connectivity index (χ0n) is 13.0. The van der Waals surface area contributed by atoms with E-state index in [1.807, 2.05) is 23.1 Å². The van der Waals surface area contributed by atoms with E-state index in [0.717, 1.165) is 54.8 Å². The summed E-state index contributed by atoms with van der Waals surface area (Å²) in [5.41, 5.74) is 1.21. The molecule has 1 N–H and O–H groups in total. The van der Waals surface area contributed by atoms with Gasteiger partial charge in [0, 0.05) is 18.7 Å². The Morgan fingerprint density at radius 2 is 1.91 bits per heavy atom. The average molecular weight is 367 g/mol. The van der Waals surface area contributed by atoms with Gasteiger partial charge < -0.3 is 15.0 Å². The van der Waals surface area contributed by atoms with Gasteiger partial charge in [0.15, 0.2) is 0 Å². The quantitative estimate of drug-likeness (QED) is 0.874. The standard InChI is InChI=1S/C17H23BrN2O2/c1-22-15-3-2-13(12-14(15)18)16(21)20-10-6-17(7-11-20)4-8-19-9-5-17/h2-3,12,19H,4-11H2,1H3. The molecule has 5 heteroatoms. The smallest absolute Gasteiger partial charge is 0.253 e. The molecule has 2 aliphatic rings. The van der Waals surface area contributed by atoms with E-state index in [4.69, 9.17) is 4.74 Å². The van der Waals surface area contributed by atoms with E-state index in [0.29, 0.717) is 5.41 Å². The second-order valence-corrected chi connectivity index (χ2v) is 7.25. The van der Waals surface area contributed by atoms with Crippen molar-refractivity contribution in [1.82, 2.24) is 10.2 Å². The highest BCUT2D eigenvalue weighted by atomic mass is 79.9. The number of carbonyl (C=O) groups is 1. The molecular weight excluding hydrogens is 344 g/mol. The van der Waals surface area contributed by atoms with Crippen LogP contribution in [0.25, 0.3) is 0 Å². The summed E-state index contributed by atoms with van der Waals surface area (Å²) < 4.78 is 6.05. The fraction of sp³-hybridized carbons (Fsp3) is 0.588. The number of nitrogens with one attached hydrogen (secondary N) is 1. The molecule has 22 heavy (non-hydrogen) atoms. The van der Waals surface area contributed by atoms with Crippen LogP contribution in [0.2, 0.25) is 0 Å². The summed E-state index contributed by atoms with van der Waals surface area (Å²) in [6, 6.07) is 5.55. The molecule has 0 saturated carbocycles. The highest BCUT2D eigenvalue weighted by Crippen LogP contribution is 2.39. The first kappa shape index (κ1) is 15.8. The minimum absolute atomic E-state index is 0.132. The van der Waals surface area contributed by atoms with Crippen molar-refractivity contribution in [3.8, 4) is 5.75 Å². The van der Waals surface area contributed by atoms with Gasteiger partial charge in [0.05, 0.1) is 11.6 Å². The van der Waals surface area contributed by atoms with Gasteiger partial charge >= 0.3 is 0 Å². The molecule has 3 rings (SSSR count). The van der Waals surface area contributed by atoms with Gasteiger partial charge in [0.25, 0.3) is 5.91 Å². The molecule has 0 aromatic heterocycles. The van der Waals surface area contributed by atoms with Crippen LogP contribution in [0.3, 0.4) is 0 Å². The number of piperidine rings is 2. The molecule has 2 saturated heterocycles. The van der Waals surface area contributed by atoms with E-state index in [-0.39, 0.29) is 5.91 Å². The van der Waals surface area contributed by atoms with E-state index >= 15 is 0 Å². The van der Waals surface area contributed by atoms with Crippen LogP contribution in [0, 0.1) is 5.41 Å². The van der Waals surface area contributed by atoms with Crippen molar-refractivity contribution in [2.75, 3.05) is 33.3 Å². The van der Waals surface area contributed by atoms with Crippen LogP contribution < -0.4 is 10.1 Å². The zero-order chi connectivity index (χ0) is 15.6. The molecule has 2 fully saturated rings. The Morgan fingerprint density at radius 1 is 1.23 bits per heavy atom. The lowest BCUT2D eigenvalue weighted by Gasteiger charge is -2.44. The molecule has 120 valence electrons. The number of carbonyl (C=O) groups excluding carboxylic acids is 1. The highest BCUT2D eigenvalue weighted by molar-refractivity contribution is 9.10. The Bertz CT molecular complexity index is 546. The van der Waals surface area contributed by atoms with Crippen LogP contribution >= 0.6 is 15.9 Å². The van der Waals surface area contributed by atoms with Gasteiger partial charge in [-0.3, -0.25) is 4.79 Å². The molecule has 1 aromatic carbocycles. The molecule has 1 amide bonds. The number of nitrogens with zero attached hydrogens (tertiary/aromatic N) is 1. The van der Waals surface area contributed by atoms with Crippen molar-refractivity contribution < 1.29 is 9.53 Å². The summed E-state index contributed by atoms with van der Waals surface area (Å²) >= 11 is 3.45. The Kier molecular flexibility index (Phi) is 4.73. The number of likely N-dealkylation sites (tertiary alicyclic amines) is 1. The number of methoxy groups -OCH3 is 1. The first-order valence-electron chi connectivity index (χ1n) is 7.97. The topological polar surface area (TPSA) is 41.6 Å². The van der Waals surface area contributed by atoms with E-state index < -0.39 is 0 Å². The molecule has 2 heterocycles. The van der Waals surface area contributed by atoms with E-state index in [1.54, 1.807) is 7.11 Å². The number of amides is 1. The molecular formula is C17H23BrN2O2. The average Bonchev–Trinajstić information content (AvgIpc) is 2.55. The van der Waals surface area contributed by atoms with Gasteiger partial charge in [-0.2, -0.15) is 0 Å². The van der Waals surface area contributed by atoms with Crippen molar-refractivity contribution >= 4 is 21.8 Å². The maximum Gasteiger partial charge on any atom is 0.253 e. The fourth-order valence-electron chi connectivity index (χ4n) is 3.62. The SMILES string of the molecule is COc1ccc(C(=O)N2CCC3(CCNCC3)CC2)cc1Br. The third kappa shape index (κ3) is 3.15. The number of ether oxygens (including phenoxy) is 1. The van der Waals surface area contributed by atoms with Crippen molar-refractivity contribution in [3.05, 3.63) is 28.2 Å². The van der Waals surface area contributed by atoms with Gasteiger partial charge in [-0.15, -0.1) is 0 Å². The molecule has 0 aliphatic carbocycles. The van der Waals surface area contributed by atoms with E-state index in [2.05, 4.69) is 21.2 Å². The molecule has 0 unspecified atom stereocenters. The van der Waals surface area contributed by atoms with E-state index in [9.17, 15) is 4.79 Å². The normalized spacial score (nSPS) is 20.9. The van der Waals surface area contributed by atoms with Crippen molar-refractivity contribution in [2.45, 2.75) is 25.7 Å². The van der Waals surface area contributed by atoms with Crippen LogP contribution in [0.4, 0.5) is 0 Å². The molecule has 2 aliphatic heterocycles. The number of rotatable bonds is 2. The maximum atomic E-state index is 12.7. The minimum atomic E-state index is 0.132. The van der Waals surface area contributed by atoms with Crippen molar-refractivity contribution in [2.24, 2.45) is 5.41 Å². The Hall–Kier alpha value is -1.07. The Morgan fingerprint density at radius 3 is 2.50 bits per heavy atom. The van der Waals surface area contributed by atoms with Crippen LogP contribution in [0.15, 0.2) is 22.7 Å². The summed E-state index contributed by atoms with van der Waals surface area (Å²) in [4.78, 5) is 14.7. The summed E-state index contributed by atoms with van der Waals surface area (Å²) in [7, 11) is 1.63. The van der Waals surface area contributed by atoms with Gasteiger partial charge in [-0.1, -0.05) is 0 Å². The summed E-state index contributed by atoms with van der Waals surface area (Å²) in [5, 5.41) is 3.44. The van der Waals surface area contributed by atoms with Crippen LogP contribution in [-0.2, 0) is 0 Å². The minimum Gasteiger partial charge on any atom is -0.496 e. The van der Waals surface area contributed by atoms with Gasteiger partial charge in [-0.25, -0.2) is 0 Å². The molecule has 1 aromatic rings. The summed E-state index contributed by atoms with van der Waals surface area (Å²) in [5.74, 6) is 0.885. The second kappa shape index (κ2) is 6.59. The summed E-state index contributed by atoms with van der Waals surface area (Å²) in [6.45, 7) is 4.00. The molecule has 0 radical (unpaired) electrons. The lowest BCUT2D eigenvalue weighted by Crippen LogP contribution is -2.47.